The van der Waals surface area contributed by atoms with Gasteiger partial charge in [-0.3, -0.25) is 0 Å². The molecule has 0 aromatic heterocycles. The van der Waals surface area contributed by atoms with E-state index >= 15 is 0 Å². The topological polar surface area (TPSA) is 40.5 Å². The summed E-state index contributed by atoms with van der Waals surface area (Å²) in [6.07, 6.45) is 7.54. The van der Waals surface area contributed by atoms with Gasteiger partial charge in [-0.15, -0.1) is 0 Å². The van der Waals surface area contributed by atoms with Gasteiger partial charge in [0.2, 0.25) is 0 Å². The first kappa shape index (κ1) is 11.7. The van der Waals surface area contributed by atoms with Crippen LogP contribution in [-0.2, 0) is 0 Å². The van der Waals surface area contributed by atoms with Crippen LogP contribution in [0.25, 0.3) is 0 Å². The Labute approximate surface area is 97.5 Å². The zero-order valence-corrected chi connectivity index (χ0v) is 9.60. The van der Waals surface area contributed by atoms with Crippen LogP contribution in [0.1, 0.15) is 50.0 Å². The third kappa shape index (κ3) is 2.66. The smallest absolute Gasteiger partial charge is 0.423 e. The summed E-state index contributed by atoms with van der Waals surface area (Å²) in [6.45, 7) is 0. The molecular formula is C13H19BO2. The Kier molecular flexibility index (Phi) is 4.02. The molecule has 1 aromatic carbocycles. The van der Waals surface area contributed by atoms with E-state index in [-0.39, 0.29) is 0 Å². The third-order valence-corrected chi connectivity index (χ3v) is 3.57. The molecule has 0 aliphatic heterocycles. The summed E-state index contributed by atoms with van der Waals surface area (Å²) >= 11 is 0. The second kappa shape index (κ2) is 5.51. The molecule has 0 amide bonds. The van der Waals surface area contributed by atoms with E-state index in [4.69, 9.17) is 0 Å². The Balaban J connectivity index is 2.23. The maximum atomic E-state index is 9.36. The first-order chi connectivity index (χ1) is 7.79. The van der Waals surface area contributed by atoms with Crippen LogP contribution in [0, 0.1) is 0 Å². The molecule has 0 unspecified atom stereocenters. The van der Waals surface area contributed by atoms with E-state index in [1.54, 1.807) is 0 Å². The average Bonchev–Trinajstić information content (AvgIpc) is 2.57. The van der Waals surface area contributed by atoms with Crippen molar-refractivity contribution in [2.75, 3.05) is 0 Å². The van der Waals surface area contributed by atoms with Crippen molar-refractivity contribution in [1.82, 2.24) is 0 Å². The lowest BCUT2D eigenvalue weighted by Gasteiger charge is -2.18. The largest absolute Gasteiger partial charge is 0.488 e. The molecule has 86 valence electrons. The van der Waals surface area contributed by atoms with Gasteiger partial charge >= 0.3 is 7.12 Å². The molecule has 1 fully saturated rings. The molecule has 0 spiro atoms. The SMILES string of the molecule is OB(O)c1ccccc1C1CCCCCC1. The standard InChI is InChI=1S/C13H19BO2/c15-14(16)13-10-6-5-9-12(13)11-7-3-1-2-4-8-11/h5-6,9-11,15-16H,1-4,7-8H2. The van der Waals surface area contributed by atoms with Crippen molar-refractivity contribution in [3.05, 3.63) is 29.8 Å². The molecule has 2 nitrogen and oxygen atoms in total. The highest BCUT2D eigenvalue weighted by Crippen LogP contribution is 2.30. The van der Waals surface area contributed by atoms with Gasteiger partial charge in [-0.1, -0.05) is 49.9 Å². The quantitative estimate of drug-likeness (QED) is 0.587. The molecule has 0 radical (unpaired) electrons. The average molecular weight is 218 g/mol. The maximum Gasteiger partial charge on any atom is 0.488 e. The highest BCUT2D eigenvalue weighted by atomic mass is 16.4. The van der Waals surface area contributed by atoms with Gasteiger partial charge in [-0.2, -0.15) is 0 Å². The summed E-state index contributed by atoms with van der Waals surface area (Å²) in [5.74, 6) is 0.514. The van der Waals surface area contributed by atoms with Crippen molar-refractivity contribution < 1.29 is 10.0 Å². The Morgan fingerprint density at radius 2 is 1.56 bits per heavy atom. The highest BCUT2D eigenvalue weighted by Gasteiger charge is 2.22. The van der Waals surface area contributed by atoms with E-state index < -0.39 is 7.12 Å². The zero-order valence-electron chi connectivity index (χ0n) is 9.60. The number of benzene rings is 1. The first-order valence-corrected chi connectivity index (χ1v) is 6.24. The van der Waals surface area contributed by atoms with Gasteiger partial charge in [-0.05, 0) is 29.8 Å². The summed E-state index contributed by atoms with van der Waals surface area (Å²) in [4.78, 5) is 0. The van der Waals surface area contributed by atoms with Gasteiger partial charge in [-0.25, -0.2) is 0 Å². The van der Waals surface area contributed by atoms with Crippen LogP contribution in [0.3, 0.4) is 0 Å². The zero-order chi connectivity index (χ0) is 11.4. The van der Waals surface area contributed by atoms with Gasteiger partial charge in [0.25, 0.3) is 0 Å². The van der Waals surface area contributed by atoms with Crippen LogP contribution in [0.5, 0.6) is 0 Å². The summed E-state index contributed by atoms with van der Waals surface area (Å²) in [5, 5.41) is 18.7. The first-order valence-electron chi connectivity index (χ1n) is 6.24. The van der Waals surface area contributed by atoms with Crippen LogP contribution in [0.15, 0.2) is 24.3 Å². The fraction of sp³-hybridized carbons (Fsp3) is 0.538. The molecule has 1 aliphatic rings. The lowest BCUT2D eigenvalue weighted by molar-refractivity contribution is 0.424. The van der Waals surface area contributed by atoms with Crippen LogP contribution in [0.4, 0.5) is 0 Å². The fourth-order valence-corrected chi connectivity index (χ4v) is 2.71. The molecule has 0 atom stereocenters. The van der Waals surface area contributed by atoms with Crippen LogP contribution >= 0.6 is 0 Å². The van der Waals surface area contributed by atoms with Crippen LogP contribution in [0.2, 0.25) is 0 Å². The second-order valence-electron chi connectivity index (χ2n) is 4.69. The van der Waals surface area contributed by atoms with Crippen LogP contribution in [-0.4, -0.2) is 17.2 Å². The molecular weight excluding hydrogens is 199 g/mol. The monoisotopic (exact) mass is 218 g/mol. The lowest BCUT2D eigenvalue weighted by Crippen LogP contribution is -2.33. The summed E-state index contributed by atoms with van der Waals surface area (Å²) < 4.78 is 0. The fourth-order valence-electron chi connectivity index (χ4n) is 2.71. The molecule has 3 heteroatoms. The van der Waals surface area contributed by atoms with Gasteiger partial charge in [0.05, 0.1) is 0 Å². The molecule has 2 rings (SSSR count). The Morgan fingerprint density at radius 3 is 2.19 bits per heavy atom. The maximum absolute atomic E-state index is 9.36. The second-order valence-corrected chi connectivity index (χ2v) is 4.69. The Morgan fingerprint density at radius 1 is 0.938 bits per heavy atom. The van der Waals surface area contributed by atoms with E-state index in [2.05, 4.69) is 0 Å². The summed E-state index contributed by atoms with van der Waals surface area (Å²) in [7, 11) is -1.33. The molecule has 1 saturated carbocycles. The van der Waals surface area contributed by atoms with Gasteiger partial charge < -0.3 is 10.0 Å². The van der Waals surface area contributed by atoms with Crippen LogP contribution < -0.4 is 5.46 Å². The predicted molar refractivity (Wildman–Crippen MR) is 66.7 cm³/mol. The lowest BCUT2D eigenvalue weighted by atomic mass is 9.72. The predicted octanol–water partition coefficient (Wildman–Crippen LogP) is 1.80. The molecule has 0 bridgehead atoms. The molecule has 1 aliphatic carbocycles. The number of rotatable bonds is 2. The highest BCUT2D eigenvalue weighted by molar-refractivity contribution is 6.59. The van der Waals surface area contributed by atoms with Crippen molar-refractivity contribution in [1.29, 1.82) is 0 Å². The molecule has 0 saturated heterocycles. The van der Waals surface area contributed by atoms with Crippen molar-refractivity contribution >= 4 is 12.6 Å². The van der Waals surface area contributed by atoms with Crippen molar-refractivity contribution in [3.63, 3.8) is 0 Å². The van der Waals surface area contributed by atoms with Gasteiger partial charge in [0, 0.05) is 0 Å². The van der Waals surface area contributed by atoms with Gasteiger partial charge in [0.15, 0.2) is 0 Å². The van der Waals surface area contributed by atoms with Gasteiger partial charge in [0.1, 0.15) is 0 Å². The van der Waals surface area contributed by atoms with E-state index in [0.29, 0.717) is 11.4 Å². The number of hydrogen-bond donors (Lipinski definition) is 2. The van der Waals surface area contributed by atoms with Crippen molar-refractivity contribution in [2.45, 2.75) is 44.4 Å². The molecule has 1 aromatic rings. The molecule has 0 heterocycles. The van der Waals surface area contributed by atoms with Crippen molar-refractivity contribution in [3.8, 4) is 0 Å². The van der Waals surface area contributed by atoms with E-state index in [0.717, 1.165) is 5.56 Å². The van der Waals surface area contributed by atoms with E-state index in [9.17, 15) is 10.0 Å². The minimum atomic E-state index is -1.33. The normalized spacial score (nSPS) is 18.1. The summed E-state index contributed by atoms with van der Waals surface area (Å²) in [5.41, 5.74) is 1.83. The molecule has 16 heavy (non-hydrogen) atoms. The van der Waals surface area contributed by atoms with E-state index in [1.165, 1.54) is 38.5 Å². The van der Waals surface area contributed by atoms with E-state index in [1.807, 2.05) is 24.3 Å². The Bertz CT molecular complexity index is 330. The summed E-state index contributed by atoms with van der Waals surface area (Å²) in [6, 6.07) is 7.73. The minimum absolute atomic E-state index is 0.514. The number of hydrogen-bond acceptors (Lipinski definition) is 2. The van der Waals surface area contributed by atoms with Crippen molar-refractivity contribution in [2.24, 2.45) is 0 Å². The third-order valence-electron chi connectivity index (χ3n) is 3.57. The molecule has 2 N–H and O–H groups in total. The minimum Gasteiger partial charge on any atom is -0.423 e. The Hall–Kier alpha value is -0.795.